The van der Waals surface area contributed by atoms with E-state index in [1.54, 1.807) is 7.11 Å². The smallest absolute Gasteiger partial charge is 0.140 e. The third-order valence-corrected chi connectivity index (χ3v) is 2.77. The monoisotopic (exact) mass is 220 g/mol. The Balaban J connectivity index is 2.57. The average molecular weight is 220 g/mol. The molecule has 0 aliphatic heterocycles. The maximum Gasteiger partial charge on any atom is 0.140 e. The number of hydrogen-bond acceptors (Lipinski definition) is 2. The van der Waals surface area contributed by atoms with E-state index in [4.69, 9.17) is 4.74 Å². The van der Waals surface area contributed by atoms with E-state index >= 15 is 0 Å². The minimum atomic E-state index is 0.0538. The highest BCUT2D eigenvalue weighted by Gasteiger charge is 2.17. The van der Waals surface area contributed by atoms with Crippen molar-refractivity contribution in [1.82, 2.24) is 0 Å². The number of Topliss-reactive ketones (excluding diaryl/α,β-unsaturated/α-hetero) is 1. The molecule has 0 spiro atoms. The molecule has 0 amide bonds. The number of ketones is 1. The Morgan fingerprint density at radius 3 is 2.56 bits per heavy atom. The average Bonchev–Trinajstić information content (AvgIpc) is 2.32. The number of rotatable bonds is 7. The Hall–Kier alpha value is -1.15. The highest BCUT2D eigenvalue weighted by atomic mass is 16.5. The quantitative estimate of drug-likeness (QED) is 0.660. The Morgan fingerprint density at radius 1 is 1.31 bits per heavy atom. The van der Waals surface area contributed by atoms with Gasteiger partial charge in [-0.05, 0) is 18.4 Å². The van der Waals surface area contributed by atoms with Crippen molar-refractivity contribution in [3.63, 3.8) is 0 Å². The van der Waals surface area contributed by atoms with Crippen LogP contribution in [0.4, 0.5) is 0 Å². The van der Waals surface area contributed by atoms with Gasteiger partial charge in [-0.3, -0.25) is 4.79 Å². The van der Waals surface area contributed by atoms with Crippen LogP contribution in [0.2, 0.25) is 0 Å². The molecule has 0 heterocycles. The van der Waals surface area contributed by atoms with E-state index in [1.165, 1.54) is 0 Å². The van der Waals surface area contributed by atoms with Crippen LogP contribution >= 0.6 is 0 Å². The van der Waals surface area contributed by atoms with Gasteiger partial charge in [0.1, 0.15) is 5.78 Å². The van der Waals surface area contributed by atoms with Crippen LogP contribution < -0.4 is 0 Å². The predicted octanol–water partition coefficient (Wildman–Crippen LogP) is 3.18. The summed E-state index contributed by atoms with van der Waals surface area (Å²) in [6.07, 6.45) is 2.30. The zero-order chi connectivity index (χ0) is 11.8. The van der Waals surface area contributed by atoms with Gasteiger partial charge in [0.2, 0.25) is 0 Å². The molecule has 0 saturated carbocycles. The van der Waals surface area contributed by atoms with Gasteiger partial charge in [-0.15, -0.1) is 0 Å². The molecule has 0 aromatic heterocycles. The topological polar surface area (TPSA) is 26.3 Å². The molecule has 1 aromatic rings. The van der Waals surface area contributed by atoms with E-state index in [1.807, 2.05) is 30.3 Å². The second kappa shape index (κ2) is 7.18. The molecule has 0 bridgehead atoms. The Bertz CT molecular complexity index is 306. The number of hydrogen-bond donors (Lipinski definition) is 0. The van der Waals surface area contributed by atoms with Crippen LogP contribution in [-0.2, 0) is 9.53 Å². The molecule has 0 aliphatic carbocycles. The fraction of sp³-hybridized carbons (Fsp3) is 0.500. The lowest BCUT2D eigenvalue weighted by molar-refractivity contribution is -0.120. The third kappa shape index (κ3) is 3.78. The van der Waals surface area contributed by atoms with Crippen LogP contribution in [0, 0.1) is 0 Å². The number of carbonyl (C=O) groups is 1. The highest BCUT2D eigenvalue weighted by molar-refractivity contribution is 5.85. The van der Waals surface area contributed by atoms with Crippen LogP contribution in [0.3, 0.4) is 0 Å². The van der Waals surface area contributed by atoms with Gasteiger partial charge in [0, 0.05) is 26.1 Å². The van der Waals surface area contributed by atoms with E-state index in [0.29, 0.717) is 18.8 Å². The first-order valence-corrected chi connectivity index (χ1v) is 5.86. The van der Waals surface area contributed by atoms with Crippen molar-refractivity contribution in [3.8, 4) is 0 Å². The predicted molar refractivity (Wildman–Crippen MR) is 65.6 cm³/mol. The van der Waals surface area contributed by atoms with Crippen molar-refractivity contribution in [2.75, 3.05) is 13.7 Å². The summed E-state index contributed by atoms with van der Waals surface area (Å²) in [5.41, 5.74) is 1.13. The minimum Gasteiger partial charge on any atom is -0.385 e. The second-order valence-electron chi connectivity index (χ2n) is 3.93. The van der Waals surface area contributed by atoms with Crippen molar-refractivity contribution >= 4 is 5.78 Å². The molecule has 1 atom stereocenters. The summed E-state index contributed by atoms with van der Waals surface area (Å²) in [5.74, 6) is 0.379. The zero-order valence-corrected chi connectivity index (χ0v) is 10.1. The standard InChI is InChI=1S/C14H20O2/c1-3-13(12-8-5-4-6-9-12)14(15)10-7-11-16-2/h4-6,8-9,13H,3,7,10-11H2,1-2H3. The Labute approximate surface area is 97.6 Å². The first kappa shape index (κ1) is 12.9. The van der Waals surface area contributed by atoms with E-state index in [9.17, 15) is 4.79 Å². The van der Waals surface area contributed by atoms with Crippen LogP contribution in [0.1, 0.15) is 37.7 Å². The summed E-state index contributed by atoms with van der Waals surface area (Å²) in [4.78, 5) is 12.0. The van der Waals surface area contributed by atoms with Gasteiger partial charge in [-0.1, -0.05) is 37.3 Å². The van der Waals surface area contributed by atoms with E-state index in [2.05, 4.69) is 6.92 Å². The van der Waals surface area contributed by atoms with Gasteiger partial charge in [0.05, 0.1) is 0 Å². The largest absolute Gasteiger partial charge is 0.385 e. The van der Waals surface area contributed by atoms with Crippen LogP contribution in [0.15, 0.2) is 30.3 Å². The molecule has 2 heteroatoms. The van der Waals surface area contributed by atoms with Crippen LogP contribution in [0.25, 0.3) is 0 Å². The van der Waals surface area contributed by atoms with Crippen molar-refractivity contribution in [2.24, 2.45) is 0 Å². The lowest BCUT2D eigenvalue weighted by Gasteiger charge is -2.13. The van der Waals surface area contributed by atoms with Crippen molar-refractivity contribution in [3.05, 3.63) is 35.9 Å². The highest BCUT2D eigenvalue weighted by Crippen LogP contribution is 2.22. The molecule has 1 unspecified atom stereocenters. The molecule has 1 aromatic carbocycles. The zero-order valence-electron chi connectivity index (χ0n) is 10.1. The SMILES string of the molecule is CCC(C(=O)CCCOC)c1ccccc1. The lowest BCUT2D eigenvalue weighted by atomic mass is 9.90. The summed E-state index contributed by atoms with van der Waals surface area (Å²) in [7, 11) is 1.67. The molecule has 2 nitrogen and oxygen atoms in total. The number of benzene rings is 1. The van der Waals surface area contributed by atoms with Crippen molar-refractivity contribution < 1.29 is 9.53 Å². The third-order valence-electron chi connectivity index (χ3n) is 2.77. The molecule has 0 radical (unpaired) electrons. The maximum atomic E-state index is 12.0. The lowest BCUT2D eigenvalue weighted by Crippen LogP contribution is -2.12. The van der Waals surface area contributed by atoms with Gasteiger partial charge >= 0.3 is 0 Å². The number of ether oxygens (including phenoxy) is 1. The summed E-state index contributed by atoms with van der Waals surface area (Å²) >= 11 is 0. The molecule has 0 aliphatic rings. The van der Waals surface area contributed by atoms with Gasteiger partial charge in [0.25, 0.3) is 0 Å². The van der Waals surface area contributed by atoms with Gasteiger partial charge in [-0.25, -0.2) is 0 Å². The normalized spacial score (nSPS) is 12.4. The summed E-state index contributed by atoms with van der Waals surface area (Å²) in [5, 5.41) is 0. The maximum absolute atomic E-state index is 12.0. The molecule has 0 fully saturated rings. The van der Waals surface area contributed by atoms with E-state index < -0.39 is 0 Å². The van der Waals surface area contributed by atoms with Crippen molar-refractivity contribution in [2.45, 2.75) is 32.1 Å². The van der Waals surface area contributed by atoms with Gasteiger partial charge in [0.15, 0.2) is 0 Å². The van der Waals surface area contributed by atoms with E-state index in [-0.39, 0.29) is 5.92 Å². The first-order chi connectivity index (χ1) is 7.79. The molecule has 1 rings (SSSR count). The number of methoxy groups -OCH3 is 1. The summed E-state index contributed by atoms with van der Waals surface area (Å²) in [6.45, 7) is 2.73. The molecular weight excluding hydrogens is 200 g/mol. The summed E-state index contributed by atoms with van der Waals surface area (Å²) in [6, 6.07) is 10.0. The minimum absolute atomic E-state index is 0.0538. The fourth-order valence-corrected chi connectivity index (χ4v) is 1.90. The number of carbonyl (C=O) groups excluding carboxylic acids is 1. The first-order valence-electron chi connectivity index (χ1n) is 5.86. The van der Waals surface area contributed by atoms with E-state index in [0.717, 1.165) is 18.4 Å². The van der Waals surface area contributed by atoms with Crippen LogP contribution in [0.5, 0.6) is 0 Å². The summed E-state index contributed by atoms with van der Waals surface area (Å²) < 4.78 is 4.96. The molecule has 16 heavy (non-hydrogen) atoms. The van der Waals surface area contributed by atoms with Gasteiger partial charge in [-0.2, -0.15) is 0 Å². The molecule has 88 valence electrons. The Morgan fingerprint density at radius 2 is 2.00 bits per heavy atom. The Kier molecular flexibility index (Phi) is 5.79. The van der Waals surface area contributed by atoms with Crippen molar-refractivity contribution in [1.29, 1.82) is 0 Å². The molecule has 0 saturated heterocycles. The van der Waals surface area contributed by atoms with Gasteiger partial charge < -0.3 is 4.74 Å². The molecular formula is C14H20O2. The fourth-order valence-electron chi connectivity index (χ4n) is 1.90. The molecule has 0 N–H and O–H groups in total. The van der Waals surface area contributed by atoms with Crippen LogP contribution in [-0.4, -0.2) is 19.5 Å². The second-order valence-corrected chi connectivity index (χ2v) is 3.93.